The van der Waals surface area contributed by atoms with Gasteiger partial charge in [-0.3, -0.25) is 19.8 Å². The third kappa shape index (κ3) is 6.39. The maximum absolute atomic E-state index is 13.2. The first-order valence-electron chi connectivity index (χ1n) is 12.3. The Kier molecular flexibility index (Phi) is 8.67. The van der Waals surface area contributed by atoms with Crippen molar-refractivity contribution < 1.29 is 24.2 Å². The van der Waals surface area contributed by atoms with Gasteiger partial charge in [-0.1, -0.05) is 29.7 Å². The van der Waals surface area contributed by atoms with Crippen molar-refractivity contribution in [2.75, 3.05) is 30.8 Å². The number of hydrogen-bond donors (Lipinski definition) is 4. The number of halogens is 1. The second kappa shape index (κ2) is 12.3. The molecule has 1 aromatic heterocycles. The summed E-state index contributed by atoms with van der Waals surface area (Å²) in [6, 6.07) is 12.6. The number of hydrogen-bond acceptors (Lipinski definition) is 6. The van der Waals surface area contributed by atoms with E-state index in [4.69, 9.17) is 28.2 Å². The molecule has 1 fully saturated rings. The lowest BCUT2D eigenvalue weighted by atomic mass is 9.96. The molecule has 4 rings (SSSR count). The molecule has 0 atom stereocenters. The highest BCUT2D eigenvalue weighted by Gasteiger charge is 2.26. The van der Waals surface area contributed by atoms with E-state index in [-0.39, 0.29) is 34.2 Å². The van der Waals surface area contributed by atoms with Gasteiger partial charge in [-0.15, -0.1) is 6.42 Å². The number of benzene rings is 2. The van der Waals surface area contributed by atoms with Gasteiger partial charge in [0.1, 0.15) is 17.4 Å². The summed E-state index contributed by atoms with van der Waals surface area (Å²) in [7, 11) is 1.40. The van der Waals surface area contributed by atoms with Gasteiger partial charge in [0, 0.05) is 36.0 Å². The predicted molar refractivity (Wildman–Crippen MR) is 151 cm³/mol. The number of ether oxygens (including phenoxy) is 1. The number of aromatic nitrogens is 1. The zero-order valence-corrected chi connectivity index (χ0v) is 22.3. The lowest BCUT2D eigenvalue weighted by Crippen LogP contribution is -2.40. The molecule has 0 unspecified atom stereocenters. The number of aliphatic carboxylic acids is 1. The second-order valence-electron chi connectivity index (χ2n) is 9.04. The summed E-state index contributed by atoms with van der Waals surface area (Å²) < 4.78 is 5.43. The maximum atomic E-state index is 13.2. The maximum Gasteiger partial charge on any atom is 0.306 e. The molecular weight excluding hydrogens is 534 g/mol. The molecule has 1 aliphatic heterocycles. The van der Waals surface area contributed by atoms with Gasteiger partial charge in [0.05, 0.1) is 29.3 Å². The molecule has 0 aliphatic carbocycles. The summed E-state index contributed by atoms with van der Waals surface area (Å²) in [5.41, 5.74) is 1.45. The van der Waals surface area contributed by atoms with Crippen molar-refractivity contribution in [3.05, 3.63) is 82.0 Å². The quantitative estimate of drug-likeness (QED) is 0.191. The number of carbonyl (C=O) groups is 3. The van der Waals surface area contributed by atoms with E-state index in [1.54, 1.807) is 30.3 Å². The fourth-order valence-corrected chi connectivity index (χ4v) is 4.41. The van der Waals surface area contributed by atoms with Crippen LogP contribution < -0.4 is 15.4 Å². The van der Waals surface area contributed by atoms with Gasteiger partial charge in [-0.05, 0) is 49.2 Å². The zero-order chi connectivity index (χ0) is 28.8. The number of carboxylic acid groups (broad SMARTS) is 1. The average molecular weight is 560 g/mol. The van der Waals surface area contributed by atoms with Crippen LogP contribution in [0, 0.1) is 23.7 Å². The highest BCUT2D eigenvalue weighted by atomic mass is 35.5. The van der Waals surface area contributed by atoms with Crippen LogP contribution in [0.25, 0.3) is 0 Å². The third-order valence-electron chi connectivity index (χ3n) is 6.52. The lowest BCUT2D eigenvalue weighted by Gasteiger charge is -2.32. The van der Waals surface area contributed by atoms with Gasteiger partial charge < -0.3 is 25.4 Å². The summed E-state index contributed by atoms with van der Waals surface area (Å²) in [6.07, 6.45) is 7.91. The van der Waals surface area contributed by atoms with Crippen LogP contribution in [0.3, 0.4) is 0 Å². The fourth-order valence-electron chi connectivity index (χ4n) is 4.30. The number of nitrogens with one attached hydrogen (secondary N) is 3. The Hall–Kier alpha value is -4.88. The van der Waals surface area contributed by atoms with E-state index >= 15 is 0 Å². The predicted octanol–water partition coefficient (Wildman–Crippen LogP) is 4.35. The summed E-state index contributed by atoms with van der Waals surface area (Å²) in [6.45, 7) is 0.948. The molecule has 2 aromatic carbocycles. The molecule has 204 valence electrons. The number of anilines is 2. The van der Waals surface area contributed by atoms with Crippen molar-refractivity contribution >= 4 is 46.7 Å². The van der Waals surface area contributed by atoms with Crippen molar-refractivity contribution in [2.24, 2.45) is 5.92 Å². The Morgan fingerprint density at radius 1 is 1.07 bits per heavy atom. The smallest absolute Gasteiger partial charge is 0.306 e. The number of terminal acetylenes is 1. The van der Waals surface area contributed by atoms with Crippen LogP contribution in [-0.2, 0) is 4.79 Å². The highest BCUT2D eigenvalue weighted by Crippen LogP contribution is 2.32. The van der Waals surface area contributed by atoms with E-state index in [0.717, 1.165) is 0 Å². The molecule has 0 radical (unpaired) electrons. The number of methoxy groups -OCH3 is 1. The number of nitrogens with zero attached hydrogens (tertiary/aromatic N) is 2. The minimum Gasteiger partial charge on any atom is -0.495 e. The molecule has 1 saturated heterocycles. The molecule has 2 heterocycles. The van der Waals surface area contributed by atoms with Crippen LogP contribution in [-0.4, -0.2) is 58.8 Å². The Labute approximate surface area is 235 Å². The molecule has 0 saturated carbocycles. The minimum atomic E-state index is -0.811. The molecule has 0 spiro atoms. The van der Waals surface area contributed by atoms with Crippen LogP contribution in [0.1, 0.15) is 44.7 Å². The summed E-state index contributed by atoms with van der Waals surface area (Å²) >= 11 is 5.87. The van der Waals surface area contributed by atoms with E-state index in [1.807, 2.05) is 4.90 Å². The van der Waals surface area contributed by atoms with Gasteiger partial charge in [0.15, 0.2) is 0 Å². The highest BCUT2D eigenvalue weighted by molar-refractivity contribution is 6.30. The monoisotopic (exact) mass is 559 g/mol. The normalized spacial score (nSPS) is 13.2. The lowest BCUT2D eigenvalue weighted by molar-refractivity contribution is -0.143. The first kappa shape index (κ1) is 28.1. The largest absolute Gasteiger partial charge is 0.495 e. The van der Waals surface area contributed by atoms with Gasteiger partial charge in [0.25, 0.3) is 11.8 Å². The number of amidine groups is 1. The topological polar surface area (TPSA) is 145 Å². The van der Waals surface area contributed by atoms with Crippen molar-refractivity contribution in [3.63, 3.8) is 0 Å². The molecule has 40 heavy (non-hydrogen) atoms. The van der Waals surface area contributed by atoms with E-state index in [2.05, 4.69) is 21.5 Å². The number of rotatable bonds is 7. The zero-order valence-electron chi connectivity index (χ0n) is 21.5. The fraction of sp³-hybridized carbons (Fsp3) is 0.207. The molecule has 4 N–H and O–H groups in total. The Morgan fingerprint density at radius 2 is 1.75 bits per heavy atom. The summed E-state index contributed by atoms with van der Waals surface area (Å²) in [5.74, 6) is 0.897. The number of likely N-dealkylation sites (tertiary alicyclic amines) is 1. The average Bonchev–Trinajstić information content (AvgIpc) is 2.98. The number of piperidine rings is 1. The third-order valence-corrected chi connectivity index (χ3v) is 6.75. The number of carbonyl (C=O) groups excluding carboxylic acids is 2. The number of amides is 2. The summed E-state index contributed by atoms with van der Waals surface area (Å²) in [4.78, 5) is 43.5. The van der Waals surface area contributed by atoms with Crippen LogP contribution in [0.15, 0.2) is 54.7 Å². The Morgan fingerprint density at radius 3 is 2.33 bits per heavy atom. The molecule has 2 amide bonds. The Balaban J connectivity index is 1.53. The van der Waals surface area contributed by atoms with E-state index in [0.29, 0.717) is 42.1 Å². The van der Waals surface area contributed by atoms with Crippen LogP contribution in [0.2, 0.25) is 5.02 Å². The number of pyridine rings is 1. The molecular formula is C29H26ClN5O5. The van der Waals surface area contributed by atoms with Gasteiger partial charge in [-0.25, -0.2) is 4.98 Å². The molecule has 0 bridgehead atoms. The summed E-state index contributed by atoms with van der Waals surface area (Å²) in [5, 5.41) is 23.5. The molecule has 11 heteroatoms. The van der Waals surface area contributed by atoms with Crippen LogP contribution in [0.4, 0.5) is 11.5 Å². The van der Waals surface area contributed by atoms with Crippen LogP contribution in [0.5, 0.6) is 5.75 Å². The van der Waals surface area contributed by atoms with Gasteiger partial charge in [0.2, 0.25) is 0 Å². The van der Waals surface area contributed by atoms with Crippen molar-refractivity contribution in [1.29, 1.82) is 5.41 Å². The SMILES string of the molecule is C#Cc1cc(OC)c(NC(=O)c2ccc(C(=N)N3CCC(C(=O)O)CC3)cc2)c(C(=O)Nc2ccc(Cl)cn2)c1. The van der Waals surface area contributed by atoms with E-state index < -0.39 is 23.7 Å². The van der Waals surface area contributed by atoms with E-state index in [9.17, 15) is 19.5 Å². The number of carboxylic acids is 1. The first-order chi connectivity index (χ1) is 19.2. The van der Waals surface area contributed by atoms with Crippen molar-refractivity contribution in [1.82, 2.24) is 9.88 Å². The van der Waals surface area contributed by atoms with Gasteiger partial charge >= 0.3 is 5.97 Å². The standard InChI is InChI=1S/C29H26ClN5O5/c1-3-17-14-22(28(37)33-24-9-8-21(30)16-32-24)25(23(15-17)40-2)34-27(36)19-6-4-18(5-7-19)26(31)35-12-10-20(11-13-35)29(38)39/h1,4-9,14-16,20,31H,10-13H2,2H3,(H,34,36)(H,38,39)(H,32,33,37). The van der Waals surface area contributed by atoms with E-state index in [1.165, 1.54) is 31.5 Å². The Bertz CT molecular complexity index is 1490. The molecule has 10 nitrogen and oxygen atoms in total. The molecule has 3 aromatic rings. The first-order valence-corrected chi connectivity index (χ1v) is 12.7. The van der Waals surface area contributed by atoms with Crippen molar-refractivity contribution in [2.45, 2.75) is 12.8 Å². The second-order valence-corrected chi connectivity index (χ2v) is 9.48. The molecule has 1 aliphatic rings. The van der Waals surface area contributed by atoms with Crippen LogP contribution >= 0.6 is 11.6 Å². The minimum absolute atomic E-state index is 0.0700. The van der Waals surface area contributed by atoms with Gasteiger partial charge in [-0.2, -0.15) is 0 Å². The van der Waals surface area contributed by atoms with Crippen molar-refractivity contribution in [3.8, 4) is 18.1 Å².